The third kappa shape index (κ3) is 69.1. The van der Waals surface area contributed by atoms with E-state index in [1.54, 1.807) is 6.08 Å². The van der Waals surface area contributed by atoms with Crippen molar-refractivity contribution in [2.24, 2.45) is 0 Å². The number of ether oxygens (including phenoxy) is 1. The number of aliphatic hydroxyl groups excluding tert-OH is 2. The van der Waals surface area contributed by atoms with Crippen LogP contribution in [0.4, 0.5) is 0 Å². The van der Waals surface area contributed by atoms with Crippen molar-refractivity contribution < 1.29 is 24.5 Å². The van der Waals surface area contributed by atoms with E-state index in [1.807, 2.05) is 6.08 Å². The Bertz CT molecular complexity index is 1340. The van der Waals surface area contributed by atoms with Crippen molar-refractivity contribution in [2.45, 2.75) is 431 Å². The summed E-state index contributed by atoms with van der Waals surface area (Å²) >= 11 is 0. The summed E-state index contributed by atoms with van der Waals surface area (Å²) in [6, 6.07) is -0.627. The smallest absolute Gasteiger partial charge is 0.305 e. The van der Waals surface area contributed by atoms with Crippen molar-refractivity contribution in [1.82, 2.24) is 5.32 Å². The minimum atomic E-state index is -0.844. The van der Waals surface area contributed by atoms with E-state index >= 15 is 0 Å². The van der Waals surface area contributed by atoms with Gasteiger partial charge in [0.15, 0.2) is 0 Å². The average Bonchev–Trinajstić information content (AvgIpc) is 3.50. The Hall–Kier alpha value is -1.92. The summed E-state index contributed by atoms with van der Waals surface area (Å²) in [5.41, 5.74) is 0. The molecule has 490 valence electrons. The third-order valence-electron chi connectivity index (χ3n) is 17.7. The molecule has 0 rings (SSSR count). The molecule has 1 amide bonds. The molecule has 0 aliphatic heterocycles. The second kappa shape index (κ2) is 72.6. The highest BCUT2D eigenvalue weighted by Crippen LogP contribution is 2.19. The van der Waals surface area contributed by atoms with Crippen LogP contribution in [0.2, 0.25) is 0 Å². The average molecular weight is 1170 g/mol. The number of hydrogen-bond donors (Lipinski definition) is 3. The molecule has 0 aliphatic carbocycles. The van der Waals surface area contributed by atoms with Gasteiger partial charge >= 0.3 is 5.97 Å². The SMILES string of the molecule is CCCCCCCCCCCCCCCCCCCC/C=C/C(O)C(CO)NC(=O)CCCCCCCCCCCCCCCCCCC/C=C\C/C=C\CCCCCCCCCCCCCOC(=O)CCCCCCCCCCCCC. The maximum atomic E-state index is 12.5. The van der Waals surface area contributed by atoms with E-state index in [2.05, 4.69) is 43.5 Å². The number of hydrogen-bond acceptors (Lipinski definition) is 5. The van der Waals surface area contributed by atoms with Crippen LogP contribution in [0, 0.1) is 0 Å². The van der Waals surface area contributed by atoms with Gasteiger partial charge in [-0.3, -0.25) is 9.59 Å². The number of carbonyl (C=O) groups excluding carboxylic acids is 2. The van der Waals surface area contributed by atoms with Crippen LogP contribution in [-0.4, -0.2) is 47.4 Å². The monoisotopic (exact) mass is 1170 g/mol. The van der Waals surface area contributed by atoms with E-state index < -0.39 is 12.1 Å². The fraction of sp³-hybridized carbons (Fsp3) is 0.896. The van der Waals surface area contributed by atoms with Crippen molar-refractivity contribution in [3.8, 4) is 0 Å². The molecule has 83 heavy (non-hydrogen) atoms. The molecule has 0 saturated heterocycles. The first-order valence-electron chi connectivity index (χ1n) is 37.8. The summed E-state index contributed by atoms with van der Waals surface area (Å²) in [4.78, 5) is 24.5. The second-order valence-corrected chi connectivity index (χ2v) is 26.0. The van der Waals surface area contributed by atoms with E-state index in [0.717, 1.165) is 44.9 Å². The highest BCUT2D eigenvalue weighted by atomic mass is 16.5. The third-order valence-corrected chi connectivity index (χ3v) is 17.7. The molecule has 0 fully saturated rings. The molecule has 6 nitrogen and oxygen atoms in total. The number of aliphatic hydroxyl groups is 2. The zero-order valence-electron chi connectivity index (χ0n) is 56.2. The summed E-state index contributed by atoms with van der Waals surface area (Å²) in [7, 11) is 0. The van der Waals surface area contributed by atoms with Crippen LogP contribution in [0.25, 0.3) is 0 Å². The normalized spacial score (nSPS) is 12.7. The maximum Gasteiger partial charge on any atom is 0.305 e. The molecule has 0 radical (unpaired) electrons. The Morgan fingerprint density at radius 3 is 0.916 bits per heavy atom. The molecular formula is C77H147NO5. The van der Waals surface area contributed by atoms with Crippen molar-refractivity contribution in [1.29, 1.82) is 0 Å². The molecule has 0 aromatic heterocycles. The Labute approximate surface area is 519 Å². The molecule has 0 aromatic rings. The number of carbonyl (C=O) groups is 2. The Balaban J connectivity index is 3.39. The molecule has 0 aliphatic rings. The number of nitrogens with one attached hydrogen (secondary N) is 1. The summed E-state index contributed by atoms with van der Waals surface area (Å²) < 4.78 is 5.47. The Kier molecular flexibility index (Phi) is 70.9. The van der Waals surface area contributed by atoms with Gasteiger partial charge in [0.1, 0.15) is 0 Å². The van der Waals surface area contributed by atoms with Crippen LogP contribution in [0.3, 0.4) is 0 Å². The molecular weight excluding hydrogens is 1020 g/mol. The van der Waals surface area contributed by atoms with Crippen LogP contribution >= 0.6 is 0 Å². The molecule has 6 heteroatoms. The minimum Gasteiger partial charge on any atom is -0.466 e. The predicted molar refractivity (Wildman–Crippen MR) is 366 cm³/mol. The summed E-state index contributed by atoms with van der Waals surface area (Å²) in [5, 5.41) is 23.3. The topological polar surface area (TPSA) is 95.9 Å². The van der Waals surface area contributed by atoms with Gasteiger partial charge in [-0.2, -0.15) is 0 Å². The molecule has 2 atom stereocenters. The van der Waals surface area contributed by atoms with E-state index in [-0.39, 0.29) is 18.5 Å². The number of amides is 1. The molecule has 0 heterocycles. The first-order chi connectivity index (χ1) is 41.0. The number of unbranched alkanes of at least 4 members (excludes halogenated alkanes) is 56. The lowest BCUT2D eigenvalue weighted by molar-refractivity contribution is -0.143. The number of esters is 1. The minimum absolute atomic E-state index is 0.0167. The van der Waals surface area contributed by atoms with Gasteiger partial charge in [0.25, 0.3) is 0 Å². The molecule has 0 aromatic carbocycles. The first kappa shape index (κ1) is 81.1. The molecule has 0 bridgehead atoms. The summed E-state index contributed by atoms with van der Waals surface area (Å²) in [6.07, 6.45) is 94.0. The van der Waals surface area contributed by atoms with Crippen LogP contribution in [0.5, 0.6) is 0 Å². The zero-order chi connectivity index (χ0) is 59.9. The Morgan fingerprint density at radius 2 is 0.602 bits per heavy atom. The molecule has 0 spiro atoms. The van der Waals surface area contributed by atoms with Crippen molar-refractivity contribution >= 4 is 11.9 Å². The van der Waals surface area contributed by atoms with Crippen LogP contribution in [0.15, 0.2) is 36.5 Å². The number of rotatable bonds is 71. The lowest BCUT2D eigenvalue weighted by Crippen LogP contribution is -2.45. The van der Waals surface area contributed by atoms with Gasteiger partial charge in [-0.25, -0.2) is 0 Å². The second-order valence-electron chi connectivity index (χ2n) is 26.0. The van der Waals surface area contributed by atoms with Gasteiger partial charge in [-0.1, -0.05) is 378 Å². The molecule has 0 saturated carbocycles. The standard InChI is InChI=1S/C77H147NO5/c1-3-5-7-9-11-13-15-16-17-18-19-37-40-43-46-50-53-57-61-65-69-75(80)74(73-79)78-76(81)70-66-62-58-54-51-47-44-41-38-35-33-31-29-27-25-23-21-20-22-24-26-28-30-32-34-36-39-42-45-48-52-56-60-64-68-72-83-77(82)71-67-63-59-55-49-14-12-10-8-6-4-2/h22,24,28,30,65,69,74-75,79-80H,3-21,23,25-27,29,31-64,66-68,70-73H2,1-2H3,(H,78,81)/b24-22-,30-28-,69-65+. The van der Waals surface area contributed by atoms with E-state index in [9.17, 15) is 19.8 Å². The van der Waals surface area contributed by atoms with E-state index in [0.29, 0.717) is 19.4 Å². The highest BCUT2D eigenvalue weighted by molar-refractivity contribution is 5.76. The van der Waals surface area contributed by atoms with Crippen molar-refractivity contribution in [3.63, 3.8) is 0 Å². The fourth-order valence-electron chi connectivity index (χ4n) is 11.9. The molecule has 3 N–H and O–H groups in total. The lowest BCUT2D eigenvalue weighted by atomic mass is 10.0. The van der Waals surface area contributed by atoms with Gasteiger partial charge in [-0.15, -0.1) is 0 Å². The summed E-state index contributed by atoms with van der Waals surface area (Å²) in [6.45, 7) is 4.94. The largest absolute Gasteiger partial charge is 0.466 e. The van der Waals surface area contributed by atoms with Crippen molar-refractivity contribution in [2.75, 3.05) is 13.2 Å². The highest BCUT2D eigenvalue weighted by Gasteiger charge is 2.18. The number of allylic oxidation sites excluding steroid dienone is 5. The van der Waals surface area contributed by atoms with Crippen LogP contribution < -0.4 is 5.32 Å². The van der Waals surface area contributed by atoms with Crippen LogP contribution in [0.1, 0.15) is 418 Å². The molecule has 2 unspecified atom stereocenters. The van der Waals surface area contributed by atoms with Gasteiger partial charge in [0.05, 0.1) is 25.4 Å². The van der Waals surface area contributed by atoms with Gasteiger partial charge in [-0.05, 0) is 64.2 Å². The van der Waals surface area contributed by atoms with Gasteiger partial charge in [0.2, 0.25) is 5.91 Å². The lowest BCUT2D eigenvalue weighted by Gasteiger charge is -2.20. The van der Waals surface area contributed by atoms with Crippen LogP contribution in [-0.2, 0) is 14.3 Å². The van der Waals surface area contributed by atoms with E-state index in [1.165, 1.54) is 347 Å². The zero-order valence-corrected chi connectivity index (χ0v) is 56.2. The Morgan fingerprint density at radius 1 is 0.337 bits per heavy atom. The predicted octanol–water partition coefficient (Wildman–Crippen LogP) is 24.7. The maximum absolute atomic E-state index is 12.5. The van der Waals surface area contributed by atoms with Gasteiger partial charge in [0, 0.05) is 12.8 Å². The fourth-order valence-corrected chi connectivity index (χ4v) is 11.9. The van der Waals surface area contributed by atoms with Crippen molar-refractivity contribution in [3.05, 3.63) is 36.5 Å². The first-order valence-corrected chi connectivity index (χ1v) is 37.8. The van der Waals surface area contributed by atoms with E-state index in [4.69, 9.17) is 4.74 Å². The summed E-state index contributed by atoms with van der Waals surface area (Å²) in [5.74, 6) is -0.0449. The quantitative estimate of drug-likeness (QED) is 0.0320. The van der Waals surface area contributed by atoms with Gasteiger partial charge < -0.3 is 20.3 Å².